The van der Waals surface area contributed by atoms with Gasteiger partial charge in [-0.25, -0.2) is 0 Å². The van der Waals surface area contributed by atoms with Crippen LogP contribution in [-0.4, -0.2) is 31.4 Å². The lowest BCUT2D eigenvalue weighted by atomic mass is 10.1. The normalized spacial score (nSPS) is 17.6. The van der Waals surface area contributed by atoms with Crippen molar-refractivity contribution in [2.75, 3.05) is 18.6 Å². The molecule has 1 aliphatic rings. The van der Waals surface area contributed by atoms with Crippen molar-refractivity contribution in [2.45, 2.75) is 18.9 Å². The number of amides is 2. The van der Waals surface area contributed by atoms with Crippen molar-refractivity contribution in [2.24, 2.45) is 5.92 Å². The summed E-state index contributed by atoms with van der Waals surface area (Å²) in [6, 6.07) is 10.2. The van der Waals surface area contributed by atoms with E-state index in [4.69, 9.17) is 16.3 Å². The van der Waals surface area contributed by atoms with Crippen molar-refractivity contribution in [1.82, 2.24) is 5.32 Å². The first kappa shape index (κ1) is 19.4. The molecule has 0 spiro atoms. The number of carbonyl (C=O) groups excluding carboxylic acids is 3. The van der Waals surface area contributed by atoms with Crippen LogP contribution in [0.25, 0.3) is 0 Å². The Labute approximate surface area is 166 Å². The van der Waals surface area contributed by atoms with Crippen LogP contribution in [0.2, 0.25) is 5.02 Å². The molecule has 0 radical (unpaired) electrons. The number of benzene rings is 1. The van der Waals surface area contributed by atoms with Gasteiger partial charge < -0.3 is 15.0 Å². The molecule has 1 aliphatic heterocycles. The summed E-state index contributed by atoms with van der Waals surface area (Å²) in [4.78, 5) is 39.2. The lowest BCUT2D eigenvalue weighted by Crippen LogP contribution is -2.36. The SMILES string of the molecule is COC(=O)C[C@@H](NC(=O)[C@@H]1CC(=O)N(c2cccc(Cl)c2)C1)c1cccs1. The fraction of sp³-hybridized carbons (Fsp3) is 0.316. The predicted molar refractivity (Wildman–Crippen MR) is 104 cm³/mol. The van der Waals surface area contributed by atoms with Gasteiger partial charge in [0.05, 0.1) is 25.5 Å². The summed E-state index contributed by atoms with van der Waals surface area (Å²) >= 11 is 7.45. The molecule has 1 saturated heterocycles. The number of nitrogens with zero attached hydrogens (tertiary/aromatic N) is 1. The lowest BCUT2D eigenvalue weighted by molar-refractivity contribution is -0.141. The van der Waals surface area contributed by atoms with Crippen LogP contribution in [0.15, 0.2) is 41.8 Å². The number of carbonyl (C=O) groups is 3. The molecule has 1 fully saturated rings. The Kier molecular flexibility index (Phi) is 6.13. The van der Waals surface area contributed by atoms with Crippen molar-refractivity contribution in [1.29, 1.82) is 0 Å². The van der Waals surface area contributed by atoms with Crippen LogP contribution in [0, 0.1) is 5.92 Å². The average Bonchev–Trinajstić information content (AvgIpc) is 3.30. The number of thiophene rings is 1. The van der Waals surface area contributed by atoms with E-state index in [9.17, 15) is 14.4 Å². The molecule has 1 aromatic heterocycles. The Morgan fingerprint density at radius 2 is 2.19 bits per heavy atom. The molecule has 142 valence electrons. The molecule has 2 aromatic rings. The van der Waals surface area contributed by atoms with Gasteiger partial charge in [-0.15, -0.1) is 11.3 Å². The van der Waals surface area contributed by atoms with Crippen LogP contribution in [0.1, 0.15) is 23.8 Å². The molecular weight excluding hydrogens is 388 g/mol. The second-order valence-corrected chi connectivity index (χ2v) is 7.66. The number of ether oxygens (including phenoxy) is 1. The van der Waals surface area contributed by atoms with Gasteiger partial charge >= 0.3 is 5.97 Å². The Hall–Kier alpha value is -2.38. The van der Waals surface area contributed by atoms with E-state index in [0.29, 0.717) is 10.7 Å². The Morgan fingerprint density at radius 1 is 1.37 bits per heavy atom. The third-order valence-electron chi connectivity index (χ3n) is 4.42. The van der Waals surface area contributed by atoms with Crippen LogP contribution < -0.4 is 10.2 Å². The van der Waals surface area contributed by atoms with Crippen molar-refractivity contribution in [3.63, 3.8) is 0 Å². The van der Waals surface area contributed by atoms with Gasteiger partial charge in [-0.3, -0.25) is 14.4 Å². The molecule has 0 saturated carbocycles. The maximum Gasteiger partial charge on any atom is 0.307 e. The fourth-order valence-electron chi connectivity index (χ4n) is 3.03. The summed E-state index contributed by atoms with van der Waals surface area (Å²) in [6.45, 7) is 0.278. The van der Waals surface area contributed by atoms with E-state index >= 15 is 0 Å². The van der Waals surface area contributed by atoms with Gasteiger partial charge in [0.1, 0.15) is 0 Å². The largest absolute Gasteiger partial charge is 0.469 e. The second-order valence-electron chi connectivity index (χ2n) is 6.24. The van der Waals surface area contributed by atoms with Gasteiger partial charge in [0, 0.05) is 28.6 Å². The summed E-state index contributed by atoms with van der Waals surface area (Å²) in [7, 11) is 1.31. The molecule has 6 nitrogen and oxygen atoms in total. The first-order chi connectivity index (χ1) is 13.0. The Balaban J connectivity index is 1.69. The molecule has 3 rings (SSSR count). The average molecular weight is 407 g/mol. The standard InChI is InChI=1S/C19H19ClN2O4S/c1-26-18(24)10-15(16-6-3-7-27-16)21-19(25)12-8-17(23)22(11-12)14-5-2-4-13(20)9-14/h2-7,9,12,15H,8,10-11H2,1H3,(H,21,25)/t12-,15-/m1/s1. The zero-order valence-corrected chi connectivity index (χ0v) is 16.3. The monoisotopic (exact) mass is 406 g/mol. The number of anilines is 1. The van der Waals surface area contributed by atoms with Crippen molar-refractivity contribution >= 4 is 46.4 Å². The highest BCUT2D eigenvalue weighted by Gasteiger charge is 2.36. The molecule has 27 heavy (non-hydrogen) atoms. The van der Waals surface area contributed by atoms with Gasteiger partial charge in [-0.2, -0.15) is 0 Å². The highest BCUT2D eigenvalue weighted by Crippen LogP contribution is 2.29. The second kappa shape index (κ2) is 8.54. The van der Waals surface area contributed by atoms with E-state index in [1.165, 1.54) is 18.4 Å². The van der Waals surface area contributed by atoms with Crippen LogP contribution in [-0.2, 0) is 19.1 Å². The van der Waals surface area contributed by atoms with Gasteiger partial charge in [0.25, 0.3) is 0 Å². The van der Waals surface area contributed by atoms with Crippen molar-refractivity contribution in [3.8, 4) is 0 Å². The smallest absolute Gasteiger partial charge is 0.307 e. The van der Waals surface area contributed by atoms with E-state index < -0.39 is 17.9 Å². The van der Waals surface area contributed by atoms with Crippen LogP contribution in [0.4, 0.5) is 5.69 Å². The van der Waals surface area contributed by atoms with Crippen LogP contribution >= 0.6 is 22.9 Å². The van der Waals surface area contributed by atoms with Crippen LogP contribution in [0.5, 0.6) is 0 Å². The molecule has 0 unspecified atom stereocenters. The fourth-order valence-corrected chi connectivity index (χ4v) is 3.99. The summed E-state index contributed by atoms with van der Waals surface area (Å²) < 4.78 is 4.73. The van der Waals surface area contributed by atoms with E-state index in [-0.39, 0.29) is 31.2 Å². The van der Waals surface area contributed by atoms with E-state index in [0.717, 1.165) is 4.88 Å². The molecule has 0 bridgehead atoms. The van der Waals surface area contributed by atoms with Crippen molar-refractivity contribution in [3.05, 3.63) is 51.7 Å². The number of halogens is 1. The first-order valence-electron chi connectivity index (χ1n) is 8.44. The highest BCUT2D eigenvalue weighted by atomic mass is 35.5. The number of rotatable bonds is 6. The highest BCUT2D eigenvalue weighted by molar-refractivity contribution is 7.10. The topological polar surface area (TPSA) is 75.7 Å². The first-order valence-corrected chi connectivity index (χ1v) is 9.70. The van der Waals surface area contributed by atoms with Gasteiger partial charge in [-0.05, 0) is 29.6 Å². The molecule has 2 atom stereocenters. The Bertz CT molecular complexity index is 840. The number of hydrogen-bond acceptors (Lipinski definition) is 5. The van der Waals surface area contributed by atoms with E-state index in [2.05, 4.69) is 5.32 Å². The molecule has 0 aliphatic carbocycles. The molecule has 2 amide bonds. The zero-order valence-electron chi connectivity index (χ0n) is 14.7. The van der Waals surface area contributed by atoms with Crippen LogP contribution in [0.3, 0.4) is 0 Å². The third kappa shape index (κ3) is 4.67. The maximum absolute atomic E-state index is 12.7. The molecule has 8 heteroatoms. The number of hydrogen-bond donors (Lipinski definition) is 1. The van der Waals surface area contributed by atoms with Crippen molar-refractivity contribution < 1.29 is 19.1 Å². The minimum Gasteiger partial charge on any atom is -0.469 e. The summed E-state index contributed by atoms with van der Waals surface area (Å²) in [6.07, 6.45) is 0.162. The van der Waals surface area contributed by atoms with Gasteiger partial charge in [0.2, 0.25) is 11.8 Å². The third-order valence-corrected chi connectivity index (χ3v) is 5.64. The minimum absolute atomic E-state index is 0.0431. The molecule has 1 aromatic carbocycles. The number of esters is 1. The molecule has 2 heterocycles. The zero-order chi connectivity index (χ0) is 19.4. The van der Waals surface area contributed by atoms with Gasteiger partial charge in [0.15, 0.2) is 0 Å². The minimum atomic E-state index is -0.489. The quantitative estimate of drug-likeness (QED) is 0.747. The van der Waals surface area contributed by atoms with E-state index in [1.807, 2.05) is 17.5 Å². The summed E-state index contributed by atoms with van der Waals surface area (Å²) in [5.74, 6) is -1.28. The summed E-state index contributed by atoms with van der Waals surface area (Å²) in [5.41, 5.74) is 0.673. The summed E-state index contributed by atoms with van der Waals surface area (Å²) in [5, 5.41) is 5.31. The molecular formula is C19H19ClN2O4S. The predicted octanol–water partition coefficient (Wildman–Crippen LogP) is 3.18. The Morgan fingerprint density at radius 3 is 2.85 bits per heavy atom. The number of methoxy groups -OCH3 is 1. The van der Waals surface area contributed by atoms with E-state index in [1.54, 1.807) is 29.2 Å². The molecule has 1 N–H and O–H groups in total. The lowest BCUT2D eigenvalue weighted by Gasteiger charge is -2.20. The number of nitrogens with one attached hydrogen (secondary N) is 1. The maximum atomic E-state index is 12.7. The van der Waals surface area contributed by atoms with Gasteiger partial charge in [-0.1, -0.05) is 23.7 Å².